The van der Waals surface area contributed by atoms with Gasteiger partial charge in [-0.25, -0.2) is 4.98 Å². The highest BCUT2D eigenvalue weighted by Gasteiger charge is 2.13. The average Bonchev–Trinajstić information content (AvgIpc) is 2.52. The van der Waals surface area contributed by atoms with E-state index in [0.717, 1.165) is 22.6 Å². The number of rotatable bonds is 1. The van der Waals surface area contributed by atoms with Crippen LogP contribution in [0.3, 0.4) is 0 Å². The third-order valence-corrected chi connectivity index (χ3v) is 3.05. The number of hydrogen-bond acceptors (Lipinski definition) is 3. The van der Waals surface area contributed by atoms with Crippen molar-refractivity contribution in [3.63, 3.8) is 0 Å². The van der Waals surface area contributed by atoms with Crippen LogP contribution in [0.1, 0.15) is 17.7 Å². The second kappa shape index (κ2) is 3.18. The lowest BCUT2D eigenvalue weighted by molar-refractivity contribution is 0.876. The lowest BCUT2D eigenvalue weighted by Gasteiger charge is -2.01. The van der Waals surface area contributed by atoms with Crippen LogP contribution in [0, 0.1) is 4.64 Å². The van der Waals surface area contributed by atoms with Crippen molar-refractivity contribution in [2.24, 2.45) is 0 Å². The van der Waals surface area contributed by atoms with Gasteiger partial charge in [-0.1, -0.05) is 24.0 Å². The van der Waals surface area contributed by atoms with E-state index in [9.17, 15) is 0 Å². The molecule has 0 aliphatic heterocycles. The largest absolute Gasteiger partial charge is 0.338 e. The number of aromatic amines is 1. The Morgan fingerprint density at radius 1 is 1.50 bits per heavy atom. The first-order chi connectivity index (χ1) is 5.81. The molecule has 2 nitrogen and oxygen atoms in total. The van der Waals surface area contributed by atoms with Crippen LogP contribution in [0.2, 0.25) is 0 Å². The average molecular weight is 198 g/mol. The molecule has 64 valence electrons. The molecule has 0 spiro atoms. The van der Waals surface area contributed by atoms with Crippen molar-refractivity contribution < 1.29 is 0 Å². The number of thioether (sulfide) groups is 1. The highest BCUT2D eigenvalue weighted by Crippen LogP contribution is 2.22. The minimum Gasteiger partial charge on any atom is -0.338 e. The number of nitrogens with one attached hydrogen (secondary N) is 1. The molecule has 0 unspecified atom stereocenters. The fourth-order valence-corrected chi connectivity index (χ4v) is 2.31. The summed E-state index contributed by atoms with van der Waals surface area (Å²) < 4.78 is 0.797. The Bertz CT molecular complexity index is 357. The van der Waals surface area contributed by atoms with Crippen molar-refractivity contribution in [2.75, 3.05) is 6.26 Å². The molecule has 4 heteroatoms. The van der Waals surface area contributed by atoms with Crippen LogP contribution in [0.4, 0.5) is 0 Å². The van der Waals surface area contributed by atoms with Gasteiger partial charge in [0.25, 0.3) is 0 Å². The molecule has 0 bridgehead atoms. The van der Waals surface area contributed by atoms with E-state index in [0.29, 0.717) is 0 Å². The number of hydrogen-bond donors (Lipinski definition) is 1. The van der Waals surface area contributed by atoms with Gasteiger partial charge in [0.2, 0.25) is 0 Å². The van der Waals surface area contributed by atoms with Gasteiger partial charge >= 0.3 is 0 Å². The van der Waals surface area contributed by atoms with E-state index in [4.69, 9.17) is 12.2 Å². The monoisotopic (exact) mass is 198 g/mol. The first kappa shape index (κ1) is 8.26. The molecule has 1 aliphatic carbocycles. The Labute approximate surface area is 80.8 Å². The topological polar surface area (TPSA) is 28.7 Å². The fourth-order valence-electron chi connectivity index (χ4n) is 1.53. The maximum atomic E-state index is 5.19. The minimum absolute atomic E-state index is 0.797. The summed E-state index contributed by atoms with van der Waals surface area (Å²) in [5, 5.41) is 0.945. The summed E-state index contributed by atoms with van der Waals surface area (Å²) in [6.07, 6.45) is 5.46. The highest BCUT2D eigenvalue weighted by molar-refractivity contribution is 7.98. The number of fused-ring (bicyclic) bond motifs is 1. The molecule has 1 N–H and O–H groups in total. The minimum atomic E-state index is 0.797. The Morgan fingerprint density at radius 3 is 3.08 bits per heavy atom. The Hall–Kier alpha value is -0.350. The molecule has 1 aliphatic rings. The second-order valence-corrected chi connectivity index (χ2v) is 4.04. The molecule has 2 rings (SSSR count). The molecule has 0 amide bonds. The van der Waals surface area contributed by atoms with E-state index in [1.807, 2.05) is 6.26 Å². The van der Waals surface area contributed by atoms with Crippen LogP contribution >= 0.6 is 24.0 Å². The SMILES string of the molecule is CSc1nc(=S)c2c([nH]1)CCC2. The molecule has 0 saturated carbocycles. The molecule has 0 radical (unpaired) electrons. The predicted octanol–water partition coefficient (Wildman–Crippen LogP) is 2.35. The number of aromatic nitrogens is 2. The molecule has 0 atom stereocenters. The summed E-state index contributed by atoms with van der Waals surface area (Å²) in [5.74, 6) is 0. The summed E-state index contributed by atoms with van der Waals surface area (Å²) in [4.78, 5) is 7.59. The van der Waals surface area contributed by atoms with Gasteiger partial charge in [0.15, 0.2) is 5.16 Å². The zero-order valence-corrected chi connectivity index (χ0v) is 8.52. The van der Waals surface area contributed by atoms with Gasteiger partial charge in [-0.05, 0) is 25.5 Å². The molecule has 1 heterocycles. The molecule has 1 aromatic heterocycles. The van der Waals surface area contributed by atoms with Crippen LogP contribution in [-0.2, 0) is 12.8 Å². The molecule has 12 heavy (non-hydrogen) atoms. The van der Waals surface area contributed by atoms with Crippen molar-refractivity contribution >= 4 is 24.0 Å². The standard InChI is InChI=1S/C8H10N2S2/c1-12-8-9-6-4-2-3-5(6)7(11)10-8/h2-4H2,1H3,(H,9,10,11). The summed E-state index contributed by atoms with van der Waals surface area (Å²) in [5.41, 5.74) is 2.57. The zero-order valence-electron chi connectivity index (χ0n) is 6.89. The van der Waals surface area contributed by atoms with E-state index in [1.54, 1.807) is 11.8 Å². The Morgan fingerprint density at radius 2 is 2.33 bits per heavy atom. The zero-order chi connectivity index (χ0) is 8.55. The molecule has 0 saturated heterocycles. The summed E-state index contributed by atoms with van der Waals surface area (Å²) >= 11 is 6.80. The predicted molar refractivity (Wildman–Crippen MR) is 53.2 cm³/mol. The lowest BCUT2D eigenvalue weighted by atomic mass is 10.3. The Kier molecular flexibility index (Phi) is 2.19. The van der Waals surface area contributed by atoms with Crippen LogP contribution in [0.25, 0.3) is 0 Å². The summed E-state index contributed by atoms with van der Waals surface area (Å²) in [6.45, 7) is 0. The van der Waals surface area contributed by atoms with E-state index in [1.165, 1.54) is 17.7 Å². The van der Waals surface area contributed by atoms with Gasteiger partial charge < -0.3 is 4.98 Å². The summed E-state index contributed by atoms with van der Waals surface area (Å²) in [6, 6.07) is 0. The molecular weight excluding hydrogens is 188 g/mol. The van der Waals surface area contributed by atoms with Gasteiger partial charge in [-0.2, -0.15) is 0 Å². The number of nitrogens with zero attached hydrogens (tertiary/aromatic N) is 1. The normalized spacial score (nSPS) is 14.8. The van der Waals surface area contributed by atoms with Gasteiger partial charge in [0.05, 0.1) is 0 Å². The number of H-pyrrole nitrogens is 1. The summed E-state index contributed by atoms with van der Waals surface area (Å²) in [7, 11) is 0. The molecule has 1 aromatic rings. The maximum absolute atomic E-state index is 5.19. The Balaban J connectivity index is 2.59. The maximum Gasteiger partial charge on any atom is 0.166 e. The van der Waals surface area contributed by atoms with E-state index < -0.39 is 0 Å². The lowest BCUT2D eigenvalue weighted by Crippen LogP contribution is -1.95. The van der Waals surface area contributed by atoms with Crippen LogP contribution in [-0.4, -0.2) is 16.2 Å². The van der Waals surface area contributed by atoms with Gasteiger partial charge in [-0.15, -0.1) is 0 Å². The quantitative estimate of drug-likeness (QED) is 0.426. The van der Waals surface area contributed by atoms with Crippen molar-refractivity contribution in [3.8, 4) is 0 Å². The second-order valence-electron chi connectivity index (χ2n) is 2.86. The first-order valence-electron chi connectivity index (χ1n) is 3.97. The van der Waals surface area contributed by atoms with E-state index in [2.05, 4.69) is 9.97 Å². The molecule has 0 aromatic carbocycles. The third kappa shape index (κ3) is 1.29. The van der Waals surface area contributed by atoms with Gasteiger partial charge in [0, 0.05) is 11.3 Å². The smallest absolute Gasteiger partial charge is 0.166 e. The molecule has 0 fully saturated rings. The van der Waals surface area contributed by atoms with Gasteiger partial charge in [-0.3, -0.25) is 0 Å². The van der Waals surface area contributed by atoms with E-state index in [-0.39, 0.29) is 0 Å². The van der Waals surface area contributed by atoms with Crippen LogP contribution < -0.4 is 0 Å². The van der Waals surface area contributed by atoms with Crippen molar-refractivity contribution in [3.05, 3.63) is 15.9 Å². The van der Waals surface area contributed by atoms with Crippen molar-refractivity contribution in [2.45, 2.75) is 24.4 Å². The van der Waals surface area contributed by atoms with E-state index >= 15 is 0 Å². The third-order valence-electron chi connectivity index (χ3n) is 2.13. The number of aryl methyl sites for hydroxylation is 1. The van der Waals surface area contributed by atoms with Crippen molar-refractivity contribution in [1.29, 1.82) is 0 Å². The van der Waals surface area contributed by atoms with Crippen LogP contribution in [0.15, 0.2) is 5.16 Å². The van der Waals surface area contributed by atoms with Crippen LogP contribution in [0.5, 0.6) is 0 Å². The van der Waals surface area contributed by atoms with Gasteiger partial charge in [0.1, 0.15) is 4.64 Å². The fraction of sp³-hybridized carbons (Fsp3) is 0.500. The molecular formula is C8H10N2S2. The van der Waals surface area contributed by atoms with Crippen molar-refractivity contribution in [1.82, 2.24) is 9.97 Å². The highest BCUT2D eigenvalue weighted by atomic mass is 32.2. The first-order valence-corrected chi connectivity index (χ1v) is 5.60.